The minimum Gasteiger partial charge on any atom is -0.462 e. The SMILES string of the molecule is O=C1C[C@@H](Cc2ccc(C(=O)NCCC(=O)OC3CCCCC3)cc2)C(=O)N1. The highest BCUT2D eigenvalue weighted by Gasteiger charge is 2.30. The standard InChI is InChI=1S/C21H26N2O5/c24-18-13-16(21(27)23-18)12-14-6-8-15(9-7-14)20(26)22-11-10-19(25)28-17-4-2-1-3-5-17/h6-9,16-17H,1-5,10-13H2,(H,22,26)(H,23,24,27)/t16-/m1/s1. The van der Waals surface area contributed by atoms with Gasteiger partial charge in [0.1, 0.15) is 6.10 Å². The van der Waals surface area contributed by atoms with Gasteiger partial charge < -0.3 is 10.1 Å². The van der Waals surface area contributed by atoms with Gasteiger partial charge in [-0.3, -0.25) is 24.5 Å². The van der Waals surface area contributed by atoms with E-state index in [0.717, 1.165) is 31.2 Å². The smallest absolute Gasteiger partial charge is 0.307 e. The number of nitrogens with one attached hydrogen (secondary N) is 2. The van der Waals surface area contributed by atoms with Crippen LogP contribution < -0.4 is 10.6 Å². The van der Waals surface area contributed by atoms with Gasteiger partial charge in [-0.15, -0.1) is 0 Å². The lowest BCUT2D eigenvalue weighted by Crippen LogP contribution is -2.28. The van der Waals surface area contributed by atoms with Crippen molar-refractivity contribution in [3.05, 3.63) is 35.4 Å². The fourth-order valence-electron chi connectivity index (χ4n) is 3.66. The van der Waals surface area contributed by atoms with Crippen LogP contribution in [-0.4, -0.2) is 36.3 Å². The van der Waals surface area contributed by atoms with E-state index < -0.39 is 0 Å². The van der Waals surface area contributed by atoms with Crippen LogP contribution in [0.1, 0.15) is 60.9 Å². The number of carbonyl (C=O) groups is 4. The van der Waals surface area contributed by atoms with Crippen LogP contribution in [0.4, 0.5) is 0 Å². The number of benzene rings is 1. The molecule has 1 aliphatic carbocycles. The van der Waals surface area contributed by atoms with E-state index in [1.54, 1.807) is 24.3 Å². The predicted molar refractivity (Wildman–Crippen MR) is 101 cm³/mol. The van der Waals surface area contributed by atoms with E-state index >= 15 is 0 Å². The molecule has 0 aromatic heterocycles. The second kappa shape index (κ2) is 9.48. The van der Waals surface area contributed by atoms with E-state index in [9.17, 15) is 19.2 Å². The monoisotopic (exact) mass is 386 g/mol. The third-order valence-corrected chi connectivity index (χ3v) is 5.23. The molecule has 1 aliphatic heterocycles. The first-order valence-electron chi connectivity index (χ1n) is 9.91. The molecule has 2 N–H and O–H groups in total. The quantitative estimate of drug-likeness (QED) is 0.550. The van der Waals surface area contributed by atoms with Crippen molar-refractivity contribution in [2.24, 2.45) is 5.92 Å². The van der Waals surface area contributed by atoms with E-state index in [-0.39, 0.29) is 55.1 Å². The molecule has 28 heavy (non-hydrogen) atoms. The second-order valence-corrected chi connectivity index (χ2v) is 7.47. The molecule has 1 aromatic rings. The number of hydrogen-bond acceptors (Lipinski definition) is 5. The number of carbonyl (C=O) groups excluding carboxylic acids is 4. The molecule has 3 amide bonds. The highest BCUT2D eigenvalue weighted by Crippen LogP contribution is 2.20. The van der Waals surface area contributed by atoms with Crippen LogP contribution in [0.15, 0.2) is 24.3 Å². The molecule has 7 heteroatoms. The van der Waals surface area contributed by atoms with E-state index in [1.807, 2.05) is 0 Å². The molecule has 1 aromatic carbocycles. The first-order chi connectivity index (χ1) is 13.5. The summed E-state index contributed by atoms with van der Waals surface area (Å²) in [7, 11) is 0. The summed E-state index contributed by atoms with van der Waals surface area (Å²) >= 11 is 0. The molecule has 0 radical (unpaired) electrons. The number of esters is 1. The molecule has 2 aliphatic rings. The van der Waals surface area contributed by atoms with Crippen molar-refractivity contribution in [1.82, 2.24) is 10.6 Å². The first-order valence-corrected chi connectivity index (χ1v) is 9.91. The zero-order chi connectivity index (χ0) is 19.9. The van der Waals surface area contributed by atoms with Crippen molar-refractivity contribution in [2.45, 2.75) is 57.5 Å². The molecule has 7 nitrogen and oxygen atoms in total. The molecule has 0 spiro atoms. The molecule has 1 saturated heterocycles. The van der Waals surface area contributed by atoms with E-state index in [1.165, 1.54) is 6.42 Å². The van der Waals surface area contributed by atoms with Gasteiger partial charge in [0.25, 0.3) is 5.91 Å². The van der Waals surface area contributed by atoms with Crippen LogP contribution in [0, 0.1) is 5.92 Å². The Morgan fingerprint density at radius 1 is 1.07 bits per heavy atom. The highest BCUT2D eigenvalue weighted by molar-refractivity contribution is 6.03. The lowest BCUT2D eigenvalue weighted by Gasteiger charge is -2.21. The maximum Gasteiger partial charge on any atom is 0.307 e. The van der Waals surface area contributed by atoms with E-state index in [0.29, 0.717) is 12.0 Å². The number of imide groups is 1. The van der Waals surface area contributed by atoms with Gasteiger partial charge in [-0.25, -0.2) is 0 Å². The van der Waals surface area contributed by atoms with Crippen molar-refractivity contribution >= 4 is 23.7 Å². The summed E-state index contributed by atoms with van der Waals surface area (Å²) in [5.74, 6) is -1.36. The molecular formula is C21H26N2O5. The fourth-order valence-corrected chi connectivity index (χ4v) is 3.66. The first kappa shape index (κ1) is 20.0. The Morgan fingerprint density at radius 3 is 2.43 bits per heavy atom. The summed E-state index contributed by atoms with van der Waals surface area (Å²) in [6.07, 6.45) is 6.13. The normalized spacial score (nSPS) is 19.9. The van der Waals surface area contributed by atoms with Crippen molar-refractivity contribution in [3.63, 3.8) is 0 Å². The second-order valence-electron chi connectivity index (χ2n) is 7.47. The van der Waals surface area contributed by atoms with E-state index in [2.05, 4.69) is 10.6 Å². The van der Waals surface area contributed by atoms with Gasteiger partial charge in [0, 0.05) is 18.5 Å². The Labute approximate surface area is 164 Å². The molecule has 0 unspecified atom stereocenters. The molecule has 0 bridgehead atoms. The van der Waals surface area contributed by atoms with Crippen LogP contribution >= 0.6 is 0 Å². The maximum atomic E-state index is 12.2. The van der Waals surface area contributed by atoms with E-state index in [4.69, 9.17) is 4.74 Å². The topological polar surface area (TPSA) is 102 Å². The Bertz CT molecular complexity index is 738. The molecule has 1 heterocycles. The van der Waals surface area contributed by atoms with Crippen LogP contribution in [0.2, 0.25) is 0 Å². The zero-order valence-corrected chi connectivity index (χ0v) is 15.9. The fraction of sp³-hybridized carbons (Fsp3) is 0.524. The summed E-state index contributed by atoms with van der Waals surface area (Å²) in [5, 5.41) is 5.02. The van der Waals surface area contributed by atoms with Gasteiger partial charge in [-0.2, -0.15) is 0 Å². The van der Waals surface area contributed by atoms with Crippen LogP contribution in [0.25, 0.3) is 0 Å². The highest BCUT2D eigenvalue weighted by atomic mass is 16.5. The van der Waals surface area contributed by atoms with Gasteiger partial charge in [-0.05, 0) is 49.8 Å². The number of ether oxygens (including phenoxy) is 1. The Hall–Kier alpha value is -2.70. The summed E-state index contributed by atoms with van der Waals surface area (Å²) < 4.78 is 5.43. The Morgan fingerprint density at radius 2 is 1.79 bits per heavy atom. The lowest BCUT2D eigenvalue weighted by molar-refractivity contribution is -0.150. The molecule has 150 valence electrons. The third-order valence-electron chi connectivity index (χ3n) is 5.23. The van der Waals surface area contributed by atoms with Crippen LogP contribution in [-0.2, 0) is 25.5 Å². The molecule has 1 atom stereocenters. The van der Waals surface area contributed by atoms with Crippen molar-refractivity contribution < 1.29 is 23.9 Å². The van der Waals surface area contributed by atoms with Gasteiger partial charge >= 0.3 is 5.97 Å². The largest absolute Gasteiger partial charge is 0.462 e. The number of hydrogen-bond donors (Lipinski definition) is 2. The van der Waals surface area contributed by atoms with Crippen molar-refractivity contribution in [2.75, 3.05) is 6.54 Å². The summed E-state index contributed by atoms with van der Waals surface area (Å²) in [6.45, 7) is 0.233. The lowest BCUT2D eigenvalue weighted by atomic mass is 9.97. The minimum atomic E-state index is -0.345. The van der Waals surface area contributed by atoms with Gasteiger partial charge in [0.05, 0.1) is 12.3 Å². The zero-order valence-electron chi connectivity index (χ0n) is 15.9. The third kappa shape index (κ3) is 5.65. The van der Waals surface area contributed by atoms with Crippen molar-refractivity contribution in [1.29, 1.82) is 0 Å². The molecule has 1 saturated carbocycles. The molecule has 2 fully saturated rings. The maximum absolute atomic E-state index is 12.2. The van der Waals surface area contributed by atoms with Crippen LogP contribution in [0.3, 0.4) is 0 Å². The van der Waals surface area contributed by atoms with Crippen molar-refractivity contribution in [3.8, 4) is 0 Å². The number of amides is 3. The Kier molecular flexibility index (Phi) is 6.79. The van der Waals surface area contributed by atoms with Gasteiger partial charge in [0.2, 0.25) is 11.8 Å². The molecular weight excluding hydrogens is 360 g/mol. The summed E-state index contributed by atoms with van der Waals surface area (Å²) in [4.78, 5) is 46.9. The predicted octanol–water partition coefficient (Wildman–Crippen LogP) is 1.89. The van der Waals surface area contributed by atoms with Crippen LogP contribution in [0.5, 0.6) is 0 Å². The average Bonchev–Trinajstić information content (AvgIpc) is 3.00. The average molecular weight is 386 g/mol. The van der Waals surface area contributed by atoms with Gasteiger partial charge in [-0.1, -0.05) is 18.6 Å². The summed E-state index contributed by atoms with van der Waals surface area (Å²) in [5.41, 5.74) is 1.37. The number of rotatable bonds is 7. The Balaban J connectivity index is 1.40. The molecule has 3 rings (SSSR count). The van der Waals surface area contributed by atoms with Gasteiger partial charge in [0.15, 0.2) is 0 Å². The summed E-state index contributed by atoms with van der Waals surface area (Å²) in [6, 6.07) is 6.92. The minimum absolute atomic E-state index is 0.0294.